The number of rotatable bonds is 3. The highest BCUT2D eigenvalue weighted by Crippen LogP contribution is 2.29. The van der Waals surface area contributed by atoms with E-state index in [9.17, 15) is 0 Å². The van der Waals surface area contributed by atoms with Crippen LogP contribution in [0.1, 0.15) is 0 Å². The minimum Gasteiger partial charge on any atom is -0.496 e. The topological polar surface area (TPSA) is 52.3 Å². The first-order chi connectivity index (χ1) is 11.4. The fraction of sp³-hybridized carbons (Fsp3) is 0.0556. The van der Waals surface area contributed by atoms with Crippen molar-refractivity contribution in [2.45, 2.75) is 0 Å². The highest BCUT2D eigenvalue weighted by molar-refractivity contribution is 5.69. The number of fused-ring (bicyclic) bond motifs is 1. The first-order valence-electron chi connectivity index (χ1n) is 7.25. The Bertz CT molecular complexity index is 963. The summed E-state index contributed by atoms with van der Waals surface area (Å²) < 4.78 is 7.27. The van der Waals surface area contributed by atoms with Gasteiger partial charge < -0.3 is 4.74 Å². The van der Waals surface area contributed by atoms with Gasteiger partial charge in [-0.05, 0) is 36.4 Å². The summed E-state index contributed by atoms with van der Waals surface area (Å²) in [5, 5.41) is 4.74. The summed E-state index contributed by atoms with van der Waals surface area (Å²) in [6, 6.07) is 15.6. The Morgan fingerprint density at radius 3 is 2.70 bits per heavy atom. The Morgan fingerprint density at radius 2 is 1.87 bits per heavy atom. The summed E-state index contributed by atoms with van der Waals surface area (Å²) in [5.41, 5.74) is 4.46. The van der Waals surface area contributed by atoms with Crippen molar-refractivity contribution in [1.29, 1.82) is 0 Å². The third-order valence-electron chi connectivity index (χ3n) is 3.70. The number of nitrogens with zero attached hydrogens (tertiary/aromatic N) is 4. The second kappa shape index (κ2) is 5.53. The lowest BCUT2D eigenvalue weighted by molar-refractivity contribution is 0.416. The van der Waals surface area contributed by atoms with Crippen LogP contribution >= 0.6 is 0 Å². The van der Waals surface area contributed by atoms with Crippen molar-refractivity contribution in [3.8, 4) is 28.3 Å². The van der Waals surface area contributed by atoms with Gasteiger partial charge in [-0.3, -0.25) is 4.98 Å². The molecular weight excluding hydrogens is 288 g/mol. The molecule has 0 unspecified atom stereocenters. The van der Waals surface area contributed by atoms with Crippen molar-refractivity contribution in [3.05, 3.63) is 67.1 Å². The molecule has 5 nitrogen and oxygen atoms in total. The number of imidazole rings is 1. The Hall–Kier alpha value is -3.21. The summed E-state index contributed by atoms with van der Waals surface area (Å²) in [6.45, 7) is 0. The Balaban J connectivity index is 1.91. The first-order valence-corrected chi connectivity index (χ1v) is 7.25. The Labute approximate surface area is 133 Å². The van der Waals surface area contributed by atoms with E-state index in [4.69, 9.17) is 9.84 Å². The lowest BCUT2D eigenvalue weighted by atomic mass is 10.1. The molecule has 3 aromatic heterocycles. The van der Waals surface area contributed by atoms with E-state index in [1.807, 2.05) is 59.2 Å². The number of methoxy groups -OCH3 is 1. The van der Waals surface area contributed by atoms with E-state index in [2.05, 4.69) is 9.97 Å². The quantitative estimate of drug-likeness (QED) is 0.581. The van der Waals surface area contributed by atoms with E-state index in [-0.39, 0.29) is 0 Å². The zero-order chi connectivity index (χ0) is 15.6. The molecule has 5 heteroatoms. The molecule has 0 bridgehead atoms. The van der Waals surface area contributed by atoms with Gasteiger partial charge in [-0.25, -0.2) is 9.50 Å². The summed E-state index contributed by atoms with van der Waals surface area (Å²) in [6.07, 6.45) is 5.37. The van der Waals surface area contributed by atoms with Crippen LogP contribution in [0.3, 0.4) is 0 Å². The predicted molar refractivity (Wildman–Crippen MR) is 88.2 cm³/mol. The van der Waals surface area contributed by atoms with Crippen LogP contribution in [0, 0.1) is 0 Å². The lowest BCUT2D eigenvalue weighted by Crippen LogP contribution is -1.98. The highest BCUT2D eigenvalue weighted by atomic mass is 16.5. The maximum absolute atomic E-state index is 5.43. The Morgan fingerprint density at radius 1 is 0.957 bits per heavy atom. The number of pyridine rings is 1. The van der Waals surface area contributed by atoms with E-state index < -0.39 is 0 Å². The molecule has 0 saturated carbocycles. The van der Waals surface area contributed by atoms with E-state index >= 15 is 0 Å². The monoisotopic (exact) mass is 302 g/mol. The van der Waals surface area contributed by atoms with Gasteiger partial charge in [-0.15, -0.1) is 0 Å². The van der Waals surface area contributed by atoms with Crippen LogP contribution < -0.4 is 4.74 Å². The average molecular weight is 302 g/mol. The van der Waals surface area contributed by atoms with Crippen molar-refractivity contribution in [1.82, 2.24) is 19.6 Å². The molecule has 0 atom stereocenters. The SMILES string of the molecule is COc1ccccc1-c1ccc2ncc(-c3cccnc3)n2n1. The fourth-order valence-electron chi connectivity index (χ4n) is 2.58. The smallest absolute Gasteiger partial charge is 0.154 e. The Kier molecular flexibility index (Phi) is 3.24. The fourth-order valence-corrected chi connectivity index (χ4v) is 2.58. The van der Waals surface area contributed by atoms with Gasteiger partial charge in [0.1, 0.15) is 5.75 Å². The van der Waals surface area contributed by atoms with Gasteiger partial charge in [-0.1, -0.05) is 12.1 Å². The van der Waals surface area contributed by atoms with Gasteiger partial charge in [-0.2, -0.15) is 5.10 Å². The summed E-state index contributed by atoms with van der Waals surface area (Å²) in [7, 11) is 1.66. The van der Waals surface area contributed by atoms with Crippen molar-refractivity contribution < 1.29 is 4.74 Å². The molecule has 4 aromatic rings. The maximum Gasteiger partial charge on any atom is 0.154 e. The molecule has 0 amide bonds. The zero-order valence-corrected chi connectivity index (χ0v) is 12.5. The molecule has 0 aliphatic carbocycles. The lowest BCUT2D eigenvalue weighted by Gasteiger charge is -2.08. The zero-order valence-electron chi connectivity index (χ0n) is 12.5. The standard InChI is InChI=1S/C18H14N4O/c1-23-17-7-3-2-6-14(17)15-8-9-18-20-12-16(22(18)21-15)13-5-4-10-19-11-13/h2-12H,1H3. The molecule has 0 aliphatic rings. The highest BCUT2D eigenvalue weighted by Gasteiger charge is 2.11. The summed E-state index contributed by atoms with van der Waals surface area (Å²) in [4.78, 5) is 8.58. The van der Waals surface area contributed by atoms with Crippen LogP contribution in [0.15, 0.2) is 67.1 Å². The van der Waals surface area contributed by atoms with E-state index in [1.54, 1.807) is 19.5 Å². The molecule has 0 fully saturated rings. The normalized spacial score (nSPS) is 10.8. The molecular formula is C18H14N4O. The molecule has 0 aliphatic heterocycles. The molecule has 23 heavy (non-hydrogen) atoms. The minimum atomic E-state index is 0.794. The van der Waals surface area contributed by atoms with Gasteiger partial charge >= 0.3 is 0 Å². The molecule has 4 rings (SSSR count). The third-order valence-corrected chi connectivity index (χ3v) is 3.70. The van der Waals surface area contributed by atoms with Crippen molar-refractivity contribution >= 4 is 5.65 Å². The number of para-hydroxylation sites is 1. The number of hydrogen-bond donors (Lipinski definition) is 0. The number of benzene rings is 1. The first kappa shape index (κ1) is 13.5. The maximum atomic E-state index is 5.43. The van der Waals surface area contributed by atoms with Gasteiger partial charge in [0, 0.05) is 23.5 Å². The number of aromatic nitrogens is 4. The van der Waals surface area contributed by atoms with Crippen LogP contribution in [0.4, 0.5) is 0 Å². The molecule has 0 saturated heterocycles. The molecule has 0 N–H and O–H groups in total. The van der Waals surface area contributed by atoms with E-state index in [0.717, 1.165) is 33.9 Å². The molecule has 3 heterocycles. The van der Waals surface area contributed by atoms with Gasteiger partial charge in [0.15, 0.2) is 5.65 Å². The number of hydrogen-bond acceptors (Lipinski definition) is 4. The van der Waals surface area contributed by atoms with E-state index in [0.29, 0.717) is 0 Å². The van der Waals surface area contributed by atoms with Crippen LogP contribution in [0.2, 0.25) is 0 Å². The minimum absolute atomic E-state index is 0.794. The second-order valence-corrected chi connectivity index (χ2v) is 5.07. The van der Waals surface area contributed by atoms with Crippen LogP contribution in [0.25, 0.3) is 28.2 Å². The summed E-state index contributed by atoms with van der Waals surface area (Å²) in [5.74, 6) is 0.794. The number of ether oxygens (including phenoxy) is 1. The third kappa shape index (κ3) is 2.32. The largest absolute Gasteiger partial charge is 0.496 e. The van der Waals surface area contributed by atoms with Gasteiger partial charge in [0.2, 0.25) is 0 Å². The summed E-state index contributed by atoms with van der Waals surface area (Å²) >= 11 is 0. The molecule has 112 valence electrons. The average Bonchev–Trinajstić information content (AvgIpc) is 3.05. The van der Waals surface area contributed by atoms with E-state index in [1.165, 1.54) is 0 Å². The predicted octanol–water partition coefficient (Wildman–Crippen LogP) is 3.47. The van der Waals surface area contributed by atoms with Crippen molar-refractivity contribution in [3.63, 3.8) is 0 Å². The van der Waals surface area contributed by atoms with Crippen molar-refractivity contribution in [2.24, 2.45) is 0 Å². The molecule has 0 spiro atoms. The van der Waals surface area contributed by atoms with Gasteiger partial charge in [0.25, 0.3) is 0 Å². The van der Waals surface area contributed by atoms with Crippen LogP contribution in [0.5, 0.6) is 5.75 Å². The van der Waals surface area contributed by atoms with Crippen LogP contribution in [-0.2, 0) is 0 Å². The molecule has 0 radical (unpaired) electrons. The van der Waals surface area contributed by atoms with Crippen LogP contribution in [-0.4, -0.2) is 26.7 Å². The van der Waals surface area contributed by atoms with Crippen molar-refractivity contribution in [2.75, 3.05) is 7.11 Å². The van der Waals surface area contributed by atoms with Gasteiger partial charge in [0.05, 0.1) is 24.7 Å². The molecule has 1 aromatic carbocycles. The second-order valence-electron chi connectivity index (χ2n) is 5.07.